The average molecular weight is 527 g/mol. The van der Waals surface area contributed by atoms with E-state index >= 15 is 0 Å². The second-order valence-corrected chi connectivity index (χ2v) is 8.72. The van der Waals surface area contributed by atoms with Gasteiger partial charge in [-0.15, -0.1) is 0 Å². The quantitative estimate of drug-likeness (QED) is 0.189. The fraction of sp³-hybridized carbons (Fsp3) is 0.194. The molecule has 0 fully saturated rings. The first kappa shape index (κ1) is 27.2. The zero-order valence-corrected chi connectivity index (χ0v) is 22.0. The second kappa shape index (κ2) is 13.6. The SMILES string of the molecule is CCOC(=O)OC(C)[n+]1cccc(CNC(=O)Nc2ccc(COc3ccccc3-c3ccccc3)cc2)c1. The molecule has 8 nitrogen and oxygen atoms in total. The third-order valence-corrected chi connectivity index (χ3v) is 5.86. The minimum Gasteiger partial charge on any atom is -0.488 e. The minimum absolute atomic E-state index is 0.245. The molecule has 200 valence electrons. The van der Waals surface area contributed by atoms with E-state index in [2.05, 4.69) is 22.8 Å². The molecule has 0 aliphatic rings. The predicted octanol–water partition coefficient (Wildman–Crippen LogP) is 6.23. The van der Waals surface area contributed by atoms with Crippen LogP contribution >= 0.6 is 0 Å². The summed E-state index contributed by atoms with van der Waals surface area (Å²) < 4.78 is 17.9. The number of amides is 2. The van der Waals surface area contributed by atoms with Crippen molar-refractivity contribution in [1.82, 2.24) is 5.32 Å². The van der Waals surface area contributed by atoms with Crippen molar-refractivity contribution in [2.45, 2.75) is 33.2 Å². The molecular formula is C31H32N3O5+. The van der Waals surface area contributed by atoms with E-state index in [0.29, 0.717) is 18.8 Å². The number of para-hydroxylation sites is 1. The number of ether oxygens (including phenoxy) is 3. The topological polar surface area (TPSA) is 89.8 Å². The Morgan fingerprint density at radius 2 is 1.62 bits per heavy atom. The highest BCUT2D eigenvalue weighted by molar-refractivity contribution is 5.89. The van der Waals surface area contributed by atoms with Gasteiger partial charge in [0.1, 0.15) is 12.4 Å². The van der Waals surface area contributed by atoms with Crippen molar-refractivity contribution in [3.05, 3.63) is 115 Å². The Labute approximate surface area is 228 Å². The zero-order valence-electron chi connectivity index (χ0n) is 22.0. The summed E-state index contributed by atoms with van der Waals surface area (Å²) in [5.74, 6) is 0.814. The van der Waals surface area contributed by atoms with Crippen molar-refractivity contribution >= 4 is 17.9 Å². The summed E-state index contributed by atoms with van der Waals surface area (Å²) in [6.45, 7) is 4.40. The number of nitrogens with zero attached hydrogens (tertiary/aromatic N) is 1. The van der Waals surface area contributed by atoms with Crippen molar-refractivity contribution in [3.8, 4) is 16.9 Å². The number of carbonyl (C=O) groups excluding carboxylic acids is 2. The van der Waals surface area contributed by atoms with Crippen LogP contribution in [0.1, 0.15) is 31.2 Å². The van der Waals surface area contributed by atoms with E-state index in [1.54, 1.807) is 30.8 Å². The van der Waals surface area contributed by atoms with Gasteiger partial charge in [-0.05, 0) is 42.3 Å². The molecule has 0 saturated heterocycles. The predicted molar refractivity (Wildman–Crippen MR) is 148 cm³/mol. The number of pyridine rings is 1. The summed E-state index contributed by atoms with van der Waals surface area (Å²) in [5, 5.41) is 5.67. The van der Waals surface area contributed by atoms with Crippen molar-refractivity contribution in [2.24, 2.45) is 0 Å². The lowest BCUT2D eigenvalue weighted by molar-refractivity contribution is -0.753. The molecule has 1 unspecified atom stereocenters. The summed E-state index contributed by atoms with van der Waals surface area (Å²) in [6.07, 6.45) is 2.30. The van der Waals surface area contributed by atoms with Crippen LogP contribution in [0.25, 0.3) is 11.1 Å². The maximum Gasteiger partial charge on any atom is 0.513 e. The molecule has 1 heterocycles. The molecule has 0 radical (unpaired) electrons. The third-order valence-electron chi connectivity index (χ3n) is 5.86. The van der Waals surface area contributed by atoms with Crippen LogP contribution in [0, 0.1) is 0 Å². The summed E-state index contributed by atoms with van der Waals surface area (Å²) in [6, 6.07) is 29.0. The van der Waals surface area contributed by atoms with Crippen molar-refractivity contribution in [3.63, 3.8) is 0 Å². The van der Waals surface area contributed by atoms with Crippen LogP contribution in [0.2, 0.25) is 0 Å². The van der Waals surface area contributed by atoms with Gasteiger partial charge < -0.3 is 24.8 Å². The molecule has 0 aliphatic carbocycles. The summed E-state index contributed by atoms with van der Waals surface area (Å²) in [5.41, 5.74) is 4.63. The number of benzene rings is 3. The maximum atomic E-state index is 12.5. The number of anilines is 1. The molecule has 1 atom stereocenters. The lowest BCUT2D eigenvalue weighted by Crippen LogP contribution is -2.40. The highest BCUT2D eigenvalue weighted by Crippen LogP contribution is 2.30. The number of aromatic nitrogens is 1. The van der Waals surface area contributed by atoms with E-state index < -0.39 is 12.4 Å². The molecule has 4 rings (SSSR count). The molecule has 2 amide bonds. The number of carbonyl (C=O) groups is 2. The van der Waals surface area contributed by atoms with E-state index in [9.17, 15) is 9.59 Å². The first-order valence-electron chi connectivity index (χ1n) is 12.8. The lowest BCUT2D eigenvalue weighted by atomic mass is 10.0. The van der Waals surface area contributed by atoms with Crippen LogP contribution in [0.5, 0.6) is 5.75 Å². The number of hydrogen-bond donors (Lipinski definition) is 2. The molecule has 0 aliphatic heterocycles. The largest absolute Gasteiger partial charge is 0.513 e. The van der Waals surface area contributed by atoms with Gasteiger partial charge >= 0.3 is 18.4 Å². The molecule has 3 aromatic carbocycles. The molecule has 4 aromatic rings. The summed E-state index contributed by atoms with van der Waals surface area (Å²) in [7, 11) is 0. The van der Waals surface area contributed by atoms with Crippen LogP contribution in [0.4, 0.5) is 15.3 Å². The van der Waals surface area contributed by atoms with E-state index in [0.717, 1.165) is 28.0 Å². The Balaban J connectivity index is 1.27. The molecule has 39 heavy (non-hydrogen) atoms. The Morgan fingerprint density at radius 3 is 2.38 bits per heavy atom. The number of nitrogens with one attached hydrogen (secondary N) is 2. The highest BCUT2D eigenvalue weighted by Gasteiger charge is 2.18. The lowest BCUT2D eigenvalue weighted by Gasteiger charge is -2.12. The van der Waals surface area contributed by atoms with E-state index in [4.69, 9.17) is 14.2 Å². The van der Waals surface area contributed by atoms with Crippen LogP contribution < -0.4 is 19.9 Å². The fourth-order valence-corrected chi connectivity index (χ4v) is 3.88. The molecule has 1 aromatic heterocycles. The van der Waals surface area contributed by atoms with Gasteiger partial charge in [0.2, 0.25) is 0 Å². The van der Waals surface area contributed by atoms with E-state index in [1.807, 2.05) is 78.9 Å². The van der Waals surface area contributed by atoms with Gasteiger partial charge in [0.15, 0.2) is 12.4 Å². The maximum absolute atomic E-state index is 12.5. The minimum atomic E-state index is -0.727. The first-order valence-corrected chi connectivity index (χ1v) is 12.8. The summed E-state index contributed by atoms with van der Waals surface area (Å²) >= 11 is 0. The third kappa shape index (κ3) is 8.07. The van der Waals surface area contributed by atoms with Gasteiger partial charge in [-0.3, -0.25) is 0 Å². The molecule has 0 saturated carbocycles. The normalized spacial score (nSPS) is 11.2. The van der Waals surface area contributed by atoms with E-state index in [-0.39, 0.29) is 12.6 Å². The molecule has 2 N–H and O–H groups in total. The Morgan fingerprint density at radius 1 is 0.872 bits per heavy atom. The number of urea groups is 1. The van der Waals surface area contributed by atoms with Gasteiger partial charge in [-0.2, -0.15) is 4.57 Å². The molecule has 0 bridgehead atoms. The smallest absolute Gasteiger partial charge is 0.488 e. The molecule has 8 heteroatoms. The molecule has 0 spiro atoms. The van der Waals surface area contributed by atoms with Crippen molar-refractivity contribution < 1.29 is 28.4 Å². The first-order chi connectivity index (χ1) is 19.0. The Bertz CT molecular complexity index is 1380. The summed E-state index contributed by atoms with van der Waals surface area (Å²) in [4.78, 5) is 24.0. The van der Waals surface area contributed by atoms with Crippen molar-refractivity contribution in [2.75, 3.05) is 11.9 Å². The van der Waals surface area contributed by atoms with Crippen LogP contribution in [0.3, 0.4) is 0 Å². The van der Waals surface area contributed by atoms with Crippen molar-refractivity contribution in [1.29, 1.82) is 0 Å². The number of rotatable bonds is 10. The monoisotopic (exact) mass is 526 g/mol. The average Bonchev–Trinajstić information content (AvgIpc) is 2.96. The Kier molecular flexibility index (Phi) is 9.50. The van der Waals surface area contributed by atoms with E-state index in [1.165, 1.54) is 0 Å². The molecular weight excluding hydrogens is 494 g/mol. The van der Waals surface area contributed by atoms with Gasteiger partial charge in [0.05, 0.1) is 13.2 Å². The van der Waals surface area contributed by atoms with Crippen LogP contribution in [-0.4, -0.2) is 18.8 Å². The second-order valence-electron chi connectivity index (χ2n) is 8.72. The fourth-order valence-electron chi connectivity index (χ4n) is 3.88. The Hall–Kier alpha value is -4.85. The van der Waals surface area contributed by atoms with Gasteiger partial charge in [0, 0.05) is 29.8 Å². The van der Waals surface area contributed by atoms with Crippen LogP contribution in [-0.2, 0) is 22.6 Å². The van der Waals surface area contributed by atoms with Gasteiger partial charge in [-0.1, -0.05) is 60.7 Å². The highest BCUT2D eigenvalue weighted by atomic mass is 16.7. The van der Waals surface area contributed by atoms with Crippen LogP contribution in [0.15, 0.2) is 103 Å². The van der Waals surface area contributed by atoms with Gasteiger partial charge in [0.25, 0.3) is 0 Å². The van der Waals surface area contributed by atoms with Gasteiger partial charge in [-0.25, -0.2) is 9.59 Å². The number of hydrogen-bond acceptors (Lipinski definition) is 5. The standard InChI is InChI=1S/C31H31N3O5/c1-3-37-31(36)39-23(2)34-19-9-10-25(21-34)20-32-30(35)33-27-17-15-24(16-18-27)22-38-29-14-8-7-13-28(29)26-11-5-4-6-12-26/h4-19,21,23H,3,20,22H2,1-2H3,(H-,32,33,35)/p+1. The zero-order chi connectivity index (χ0) is 27.5.